The standard InChI is InChI=1S/C17H18ClN3O5S/c1-3-12(26-16(24)10-5-6-19-13(18)7-10)15(23)21-17-20-11(9-27-17)8-14(22)25-4-2/h5-7,9,12H,3-4,8H2,1-2H3,(H,20,21,23). The van der Waals surface area contributed by atoms with Crippen LogP contribution in [0.1, 0.15) is 36.3 Å². The van der Waals surface area contributed by atoms with Gasteiger partial charge in [-0.25, -0.2) is 14.8 Å². The smallest absolute Gasteiger partial charge is 0.339 e. The van der Waals surface area contributed by atoms with Crippen molar-refractivity contribution in [1.82, 2.24) is 9.97 Å². The van der Waals surface area contributed by atoms with Crippen LogP contribution in [0.25, 0.3) is 0 Å². The maximum Gasteiger partial charge on any atom is 0.339 e. The molecule has 0 saturated carbocycles. The largest absolute Gasteiger partial charge is 0.466 e. The predicted octanol–water partition coefficient (Wildman–Crippen LogP) is 2.87. The summed E-state index contributed by atoms with van der Waals surface area (Å²) in [6.45, 7) is 3.72. The number of ether oxygens (including phenoxy) is 2. The van der Waals surface area contributed by atoms with Crippen molar-refractivity contribution in [3.8, 4) is 0 Å². The molecule has 1 atom stereocenters. The Labute approximate surface area is 164 Å². The first-order valence-corrected chi connectivity index (χ1v) is 9.42. The number of rotatable bonds is 8. The van der Waals surface area contributed by atoms with Crippen LogP contribution in [0.3, 0.4) is 0 Å². The lowest BCUT2D eigenvalue weighted by molar-refractivity contribution is -0.142. The van der Waals surface area contributed by atoms with Crippen LogP contribution in [0.15, 0.2) is 23.7 Å². The van der Waals surface area contributed by atoms with Crippen molar-refractivity contribution in [1.29, 1.82) is 0 Å². The fraction of sp³-hybridized carbons (Fsp3) is 0.353. The lowest BCUT2D eigenvalue weighted by Gasteiger charge is -2.15. The lowest BCUT2D eigenvalue weighted by atomic mass is 10.2. The van der Waals surface area contributed by atoms with Gasteiger partial charge in [-0.05, 0) is 25.5 Å². The van der Waals surface area contributed by atoms with Gasteiger partial charge in [0.1, 0.15) is 5.15 Å². The van der Waals surface area contributed by atoms with E-state index < -0.39 is 23.9 Å². The highest BCUT2D eigenvalue weighted by molar-refractivity contribution is 7.13. The third-order valence-electron chi connectivity index (χ3n) is 3.29. The molecule has 0 fully saturated rings. The molecule has 2 heterocycles. The van der Waals surface area contributed by atoms with Crippen LogP contribution >= 0.6 is 22.9 Å². The van der Waals surface area contributed by atoms with Gasteiger partial charge in [-0.1, -0.05) is 18.5 Å². The van der Waals surface area contributed by atoms with Crippen molar-refractivity contribution < 1.29 is 23.9 Å². The number of hydrogen-bond acceptors (Lipinski definition) is 8. The Morgan fingerprint density at radius 3 is 2.78 bits per heavy atom. The minimum atomic E-state index is -0.998. The number of esters is 2. The molecule has 0 aliphatic carbocycles. The number of thiazole rings is 1. The Hall–Kier alpha value is -2.52. The van der Waals surface area contributed by atoms with Crippen molar-refractivity contribution in [2.45, 2.75) is 32.8 Å². The molecular formula is C17H18ClN3O5S. The molecule has 0 spiro atoms. The van der Waals surface area contributed by atoms with Crippen LogP contribution in [0.4, 0.5) is 5.13 Å². The molecule has 0 aromatic carbocycles. The van der Waals surface area contributed by atoms with Crippen molar-refractivity contribution in [3.63, 3.8) is 0 Å². The number of halogens is 1. The summed E-state index contributed by atoms with van der Waals surface area (Å²) < 4.78 is 10.1. The average molecular weight is 412 g/mol. The molecule has 2 aromatic heterocycles. The van der Waals surface area contributed by atoms with E-state index in [4.69, 9.17) is 21.1 Å². The van der Waals surface area contributed by atoms with E-state index in [1.54, 1.807) is 19.2 Å². The first-order chi connectivity index (χ1) is 12.9. The van der Waals surface area contributed by atoms with Crippen molar-refractivity contribution >= 4 is 45.9 Å². The van der Waals surface area contributed by atoms with E-state index in [9.17, 15) is 14.4 Å². The van der Waals surface area contributed by atoms with Gasteiger partial charge in [0.2, 0.25) is 0 Å². The highest BCUT2D eigenvalue weighted by atomic mass is 35.5. The van der Waals surface area contributed by atoms with E-state index in [0.29, 0.717) is 17.4 Å². The number of nitrogens with zero attached hydrogens (tertiary/aromatic N) is 2. The normalized spacial score (nSPS) is 11.5. The zero-order valence-electron chi connectivity index (χ0n) is 14.7. The second-order valence-electron chi connectivity index (χ2n) is 5.28. The molecule has 1 amide bonds. The zero-order chi connectivity index (χ0) is 19.8. The molecule has 10 heteroatoms. The summed E-state index contributed by atoms with van der Waals surface area (Å²) in [7, 11) is 0. The first kappa shape index (κ1) is 20.8. The molecule has 1 N–H and O–H groups in total. The van der Waals surface area contributed by atoms with Gasteiger partial charge in [-0.2, -0.15) is 0 Å². The van der Waals surface area contributed by atoms with Crippen LogP contribution in [0.5, 0.6) is 0 Å². The van der Waals surface area contributed by atoms with E-state index in [0.717, 1.165) is 0 Å². The van der Waals surface area contributed by atoms with E-state index in [1.807, 2.05) is 0 Å². The molecule has 27 heavy (non-hydrogen) atoms. The minimum Gasteiger partial charge on any atom is -0.466 e. The Kier molecular flexibility index (Phi) is 7.68. The van der Waals surface area contributed by atoms with Crippen molar-refractivity contribution in [3.05, 3.63) is 40.1 Å². The summed E-state index contributed by atoms with van der Waals surface area (Å²) in [4.78, 5) is 43.9. The number of pyridine rings is 1. The fourth-order valence-electron chi connectivity index (χ4n) is 2.04. The molecule has 0 saturated heterocycles. The van der Waals surface area contributed by atoms with Gasteiger partial charge >= 0.3 is 11.9 Å². The fourth-order valence-corrected chi connectivity index (χ4v) is 2.93. The monoisotopic (exact) mass is 411 g/mol. The van der Waals surface area contributed by atoms with Crippen LogP contribution < -0.4 is 5.32 Å². The number of anilines is 1. The summed E-state index contributed by atoms with van der Waals surface area (Å²) in [5, 5.41) is 4.70. The maximum atomic E-state index is 12.4. The van der Waals surface area contributed by atoms with Crippen molar-refractivity contribution in [2.24, 2.45) is 0 Å². The zero-order valence-corrected chi connectivity index (χ0v) is 16.3. The molecule has 0 aliphatic heterocycles. The van der Waals surface area contributed by atoms with Gasteiger partial charge in [0.05, 0.1) is 24.3 Å². The summed E-state index contributed by atoms with van der Waals surface area (Å²) in [5.41, 5.74) is 0.692. The first-order valence-electron chi connectivity index (χ1n) is 8.16. The van der Waals surface area contributed by atoms with Crippen LogP contribution in [0.2, 0.25) is 5.15 Å². The van der Waals surface area contributed by atoms with Gasteiger partial charge in [-0.3, -0.25) is 14.9 Å². The van der Waals surface area contributed by atoms with Gasteiger partial charge in [0, 0.05) is 11.6 Å². The van der Waals surface area contributed by atoms with E-state index in [1.165, 1.54) is 29.7 Å². The topological polar surface area (TPSA) is 107 Å². The summed E-state index contributed by atoms with van der Waals surface area (Å²) >= 11 is 6.92. The van der Waals surface area contributed by atoms with Gasteiger partial charge < -0.3 is 9.47 Å². The number of nitrogens with one attached hydrogen (secondary N) is 1. The quantitative estimate of drug-likeness (QED) is 0.525. The van der Waals surface area contributed by atoms with E-state index in [2.05, 4.69) is 15.3 Å². The number of hydrogen-bond donors (Lipinski definition) is 1. The Balaban J connectivity index is 1.96. The molecule has 0 bridgehead atoms. The van der Waals surface area contributed by atoms with Crippen LogP contribution in [-0.2, 0) is 25.5 Å². The number of carbonyl (C=O) groups is 3. The molecule has 2 rings (SSSR count). The molecule has 0 aliphatic rings. The molecule has 144 valence electrons. The summed E-state index contributed by atoms with van der Waals surface area (Å²) in [6.07, 6.45) is 0.676. The highest BCUT2D eigenvalue weighted by Crippen LogP contribution is 2.18. The Morgan fingerprint density at radius 2 is 2.11 bits per heavy atom. The summed E-state index contributed by atoms with van der Waals surface area (Å²) in [6, 6.07) is 2.80. The van der Waals surface area contributed by atoms with E-state index >= 15 is 0 Å². The molecule has 2 aromatic rings. The number of carbonyl (C=O) groups excluding carboxylic acids is 3. The molecule has 0 radical (unpaired) electrons. The van der Waals surface area contributed by atoms with Gasteiger partial charge in [-0.15, -0.1) is 11.3 Å². The second kappa shape index (κ2) is 9.98. The average Bonchev–Trinajstić information content (AvgIpc) is 3.06. The van der Waals surface area contributed by atoms with Crippen LogP contribution in [-0.4, -0.2) is 40.5 Å². The third kappa shape index (κ3) is 6.30. The maximum absolute atomic E-state index is 12.4. The van der Waals surface area contributed by atoms with Gasteiger partial charge in [0.15, 0.2) is 11.2 Å². The lowest BCUT2D eigenvalue weighted by Crippen LogP contribution is -2.32. The second-order valence-corrected chi connectivity index (χ2v) is 6.53. The molecule has 8 nitrogen and oxygen atoms in total. The SMILES string of the molecule is CCOC(=O)Cc1csc(NC(=O)C(CC)OC(=O)c2ccnc(Cl)c2)n1. The Morgan fingerprint density at radius 1 is 1.33 bits per heavy atom. The minimum absolute atomic E-state index is 0.0230. The summed E-state index contributed by atoms with van der Waals surface area (Å²) in [5.74, 6) is -1.58. The van der Waals surface area contributed by atoms with E-state index in [-0.39, 0.29) is 23.6 Å². The number of amides is 1. The van der Waals surface area contributed by atoms with Crippen LogP contribution in [0, 0.1) is 0 Å². The molecular weight excluding hydrogens is 394 g/mol. The highest BCUT2D eigenvalue weighted by Gasteiger charge is 2.23. The van der Waals surface area contributed by atoms with Crippen molar-refractivity contribution in [2.75, 3.05) is 11.9 Å². The molecule has 1 unspecified atom stereocenters. The van der Waals surface area contributed by atoms with Gasteiger partial charge in [0.25, 0.3) is 5.91 Å². The predicted molar refractivity (Wildman–Crippen MR) is 99.8 cm³/mol. The Bertz CT molecular complexity index is 826. The number of aromatic nitrogens is 2. The third-order valence-corrected chi connectivity index (χ3v) is 4.30.